The zero-order valence-electron chi connectivity index (χ0n) is 16.8. The van der Waals surface area contributed by atoms with Gasteiger partial charge in [-0.05, 0) is 45.7 Å². The number of alkyl halides is 1. The van der Waals surface area contributed by atoms with Crippen LogP contribution in [0.1, 0.15) is 45.5 Å². The van der Waals surface area contributed by atoms with Gasteiger partial charge in [0.2, 0.25) is 0 Å². The summed E-state index contributed by atoms with van der Waals surface area (Å²) in [5.74, 6) is 0.543. The lowest BCUT2D eigenvalue weighted by molar-refractivity contribution is -0.277. The van der Waals surface area contributed by atoms with Crippen molar-refractivity contribution in [2.75, 3.05) is 20.3 Å². The lowest BCUT2D eigenvalue weighted by Crippen LogP contribution is -2.64. The molecule has 1 aliphatic carbocycles. The minimum Gasteiger partial charge on any atom is -0.497 e. The van der Waals surface area contributed by atoms with Crippen LogP contribution in [-0.4, -0.2) is 54.7 Å². The second-order valence-corrected chi connectivity index (χ2v) is 8.86. The van der Waals surface area contributed by atoms with E-state index in [9.17, 15) is 4.79 Å². The molecule has 3 fully saturated rings. The van der Waals surface area contributed by atoms with Crippen molar-refractivity contribution < 1.29 is 28.1 Å². The molecule has 0 bridgehead atoms. The van der Waals surface area contributed by atoms with Crippen LogP contribution in [0, 0.1) is 5.92 Å². The number of rotatable bonds is 2. The Bertz CT molecular complexity index is 727. The van der Waals surface area contributed by atoms with Crippen LogP contribution >= 0.6 is 0 Å². The van der Waals surface area contributed by atoms with Gasteiger partial charge in [-0.1, -0.05) is 12.1 Å². The van der Waals surface area contributed by atoms with Crippen LogP contribution in [0.2, 0.25) is 0 Å². The minimum absolute atomic E-state index is 0.00852. The summed E-state index contributed by atoms with van der Waals surface area (Å²) in [5.41, 5.74) is -0.208. The fraction of sp³-hybridized carbons (Fsp3) is 0.667. The molecule has 7 heteroatoms. The number of amides is 1. The summed E-state index contributed by atoms with van der Waals surface area (Å²) in [6.07, 6.45) is -1.31. The van der Waals surface area contributed by atoms with Gasteiger partial charge in [-0.25, -0.2) is 9.18 Å². The molecule has 1 amide bonds. The van der Waals surface area contributed by atoms with Crippen LogP contribution < -0.4 is 4.74 Å². The number of piperidine rings is 1. The number of methoxy groups -OCH3 is 1. The number of halogens is 1. The Labute approximate surface area is 164 Å². The molecular formula is C21H28FNO5. The monoisotopic (exact) mass is 393 g/mol. The number of carbonyl (C=O) groups is 1. The van der Waals surface area contributed by atoms with Gasteiger partial charge in [0.15, 0.2) is 6.29 Å². The predicted molar refractivity (Wildman–Crippen MR) is 99.9 cm³/mol. The number of fused-ring (bicyclic) bond motifs is 2. The van der Waals surface area contributed by atoms with E-state index in [1.54, 1.807) is 12.0 Å². The third-order valence-electron chi connectivity index (χ3n) is 5.81. The smallest absolute Gasteiger partial charge is 0.410 e. The lowest BCUT2D eigenvalue weighted by Gasteiger charge is -2.50. The summed E-state index contributed by atoms with van der Waals surface area (Å²) < 4.78 is 37.8. The Morgan fingerprint density at radius 1 is 1.25 bits per heavy atom. The molecule has 0 aromatic heterocycles. The van der Waals surface area contributed by atoms with Crippen LogP contribution in [0.15, 0.2) is 24.3 Å². The molecule has 0 N–H and O–H groups in total. The molecule has 28 heavy (non-hydrogen) atoms. The lowest BCUT2D eigenvalue weighted by atomic mass is 9.83. The Balaban J connectivity index is 1.50. The van der Waals surface area contributed by atoms with Crippen LogP contribution in [0.4, 0.5) is 9.18 Å². The van der Waals surface area contributed by atoms with Gasteiger partial charge in [0.25, 0.3) is 0 Å². The second kappa shape index (κ2) is 6.88. The first-order chi connectivity index (χ1) is 13.2. The quantitative estimate of drug-likeness (QED) is 0.764. The first-order valence-electron chi connectivity index (χ1n) is 9.79. The molecule has 2 aliphatic heterocycles. The van der Waals surface area contributed by atoms with Crippen molar-refractivity contribution in [1.29, 1.82) is 0 Å². The highest BCUT2D eigenvalue weighted by atomic mass is 19.1. The van der Waals surface area contributed by atoms with Gasteiger partial charge in [0, 0.05) is 11.5 Å². The normalized spacial score (nSPS) is 31.2. The molecule has 2 saturated heterocycles. The molecule has 4 atom stereocenters. The van der Waals surface area contributed by atoms with E-state index in [-0.39, 0.29) is 12.5 Å². The number of hydrogen-bond donors (Lipinski definition) is 0. The number of likely N-dealkylation sites (tertiary alicyclic amines) is 1. The molecule has 1 aromatic carbocycles. The predicted octanol–water partition coefficient (Wildman–Crippen LogP) is 3.85. The molecule has 1 aromatic rings. The highest BCUT2D eigenvalue weighted by molar-refractivity contribution is 5.70. The first kappa shape index (κ1) is 19.5. The third-order valence-corrected chi connectivity index (χ3v) is 5.81. The van der Waals surface area contributed by atoms with E-state index in [2.05, 4.69) is 0 Å². The van der Waals surface area contributed by atoms with Crippen molar-refractivity contribution in [3.8, 4) is 5.75 Å². The molecule has 154 valence electrons. The second-order valence-electron chi connectivity index (χ2n) is 8.86. The Hall–Kier alpha value is -1.86. The molecule has 0 radical (unpaired) electrons. The van der Waals surface area contributed by atoms with E-state index in [0.29, 0.717) is 6.61 Å². The highest BCUT2D eigenvalue weighted by Gasteiger charge is 2.65. The summed E-state index contributed by atoms with van der Waals surface area (Å²) in [6.45, 7) is 5.79. The van der Waals surface area contributed by atoms with E-state index < -0.39 is 35.8 Å². The molecule has 3 aliphatic rings. The van der Waals surface area contributed by atoms with E-state index in [0.717, 1.165) is 24.2 Å². The Morgan fingerprint density at radius 3 is 2.50 bits per heavy atom. The zero-order chi connectivity index (χ0) is 20.1. The van der Waals surface area contributed by atoms with Gasteiger partial charge in [-0.15, -0.1) is 0 Å². The zero-order valence-corrected chi connectivity index (χ0v) is 16.8. The van der Waals surface area contributed by atoms with Crippen LogP contribution in [-0.2, 0) is 14.2 Å². The molecule has 1 unspecified atom stereocenters. The van der Waals surface area contributed by atoms with Gasteiger partial charge in [-0.2, -0.15) is 0 Å². The van der Waals surface area contributed by atoms with Crippen molar-refractivity contribution in [2.24, 2.45) is 5.92 Å². The molecule has 6 nitrogen and oxygen atoms in total. The van der Waals surface area contributed by atoms with Crippen molar-refractivity contribution >= 4 is 6.09 Å². The number of benzene rings is 1. The topological polar surface area (TPSA) is 57.2 Å². The maximum Gasteiger partial charge on any atom is 0.410 e. The summed E-state index contributed by atoms with van der Waals surface area (Å²) >= 11 is 0. The third kappa shape index (κ3) is 3.46. The van der Waals surface area contributed by atoms with Crippen molar-refractivity contribution in [2.45, 2.75) is 63.3 Å². The standard InChI is InChI=1S/C21H28FNO5/c1-20(2,3)28-19(24)23-11-16(22)17-15(21(23)9-10-21)12-26-18(27-17)13-5-7-14(25-4)8-6-13/h5-8,15-18H,9-12H2,1-4H3/t15-,16-,17-,18?/m1/s1. The van der Waals surface area contributed by atoms with Crippen molar-refractivity contribution in [3.63, 3.8) is 0 Å². The van der Waals surface area contributed by atoms with E-state index in [4.69, 9.17) is 18.9 Å². The SMILES string of the molecule is COc1ccc(C2OC[C@@H]3[C@@H](O2)[C@H](F)CN(C(=O)OC(C)(C)C)C32CC2)cc1. The van der Waals surface area contributed by atoms with E-state index in [1.165, 1.54) is 0 Å². The Kier molecular flexibility index (Phi) is 4.78. The summed E-state index contributed by atoms with van der Waals surface area (Å²) in [6, 6.07) is 7.38. The minimum atomic E-state index is -1.28. The maximum absolute atomic E-state index is 15.1. The largest absolute Gasteiger partial charge is 0.497 e. The molecule has 4 rings (SSSR count). The van der Waals surface area contributed by atoms with Gasteiger partial charge >= 0.3 is 6.09 Å². The molecule has 1 saturated carbocycles. The number of ether oxygens (including phenoxy) is 4. The summed E-state index contributed by atoms with van der Waals surface area (Å²) in [7, 11) is 1.61. The van der Waals surface area contributed by atoms with Crippen LogP contribution in [0.3, 0.4) is 0 Å². The van der Waals surface area contributed by atoms with Gasteiger partial charge in [0.1, 0.15) is 23.6 Å². The number of hydrogen-bond acceptors (Lipinski definition) is 5. The van der Waals surface area contributed by atoms with Gasteiger partial charge < -0.3 is 18.9 Å². The molecule has 1 spiro atoms. The number of nitrogens with zero attached hydrogens (tertiary/aromatic N) is 1. The Morgan fingerprint density at radius 2 is 1.93 bits per heavy atom. The average molecular weight is 393 g/mol. The highest BCUT2D eigenvalue weighted by Crippen LogP contribution is 2.55. The van der Waals surface area contributed by atoms with Crippen molar-refractivity contribution in [3.05, 3.63) is 29.8 Å². The number of carbonyl (C=O) groups excluding carboxylic acids is 1. The molecule has 2 heterocycles. The van der Waals surface area contributed by atoms with Gasteiger partial charge in [0.05, 0.1) is 25.8 Å². The fourth-order valence-electron chi connectivity index (χ4n) is 4.30. The fourth-order valence-corrected chi connectivity index (χ4v) is 4.30. The van der Waals surface area contributed by atoms with Crippen LogP contribution in [0.25, 0.3) is 0 Å². The molecular weight excluding hydrogens is 365 g/mol. The van der Waals surface area contributed by atoms with E-state index in [1.807, 2.05) is 45.0 Å². The maximum atomic E-state index is 15.1. The first-order valence-corrected chi connectivity index (χ1v) is 9.79. The van der Waals surface area contributed by atoms with Crippen LogP contribution in [0.5, 0.6) is 5.75 Å². The average Bonchev–Trinajstić information content (AvgIpc) is 3.44. The van der Waals surface area contributed by atoms with Crippen molar-refractivity contribution in [1.82, 2.24) is 4.90 Å². The van der Waals surface area contributed by atoms with E-state index >= 15 is 4.39 Å². The van der Waals surface area contributed by atoms with Gasteiger partial charge in [-0.3, -0.25) is 4.90 Å². The summed E-state index contributed by atoms with van der Waals surface area (Å²) in [5, 5.41) is 0. The summed E-state index contributed by atoms with van der Waals surface area (Å²) in [4.78, 5) is 14.3.